The van der Waals surface area contributed by atoms with Crippen molar-refractivity contribution in [2.45, 2.75) is 13.8 Å². The summed E-state index contributed by atoms with van der Waals surface area (Å²) in [5.74, 6) is 1.05. The van der Waals surface area contributed by atoms with E-state index in [0.29, 0.717) is 23.8 Å². The lowest BCUT2D eigenvalue weighted by atomic mass is 10.1. The monoisotopic (exact) mass is 292 g/mol. The summed E-state index contributed by atoms with van der Waals surface area (Å²) in [6, 6.07) is 6.97. The van der Waals surface area contributed by atoms with Crippen molar-refractivity contribution < 1.29 is 14.3 Å². The first-order valence-electron chi connectivity index (χ1n) is 7.05. The fourth-order valence-corrected chi connectivity index (χ4v) is 1.79. The molecule has 0 heterocycles. The minimum absolute atomic E-state index is 0.0168. The molecule has 1 N–H and O–H groups in total. The van der Waals surface area contributed by atoms with Gasteiger partial charge in [-0.1, -0.05) is 13.8 Å². The van der Waals surface area contributed by atoms with Crippen molar-refractivity contribution in [3.8, 4) is 5.75 Å². The number of hydrogen-bond donors (Lipinski definition) is 1. The van der Waals surface area contributed by atoms with Crippen LogP contribution in [0.4, 0.5) is 0 Å². The Balaban J connectivity index is 2.44. The van der Waals surface area contributed by atoms with Crippen LogP contribution in [0.25, 0.3) is 0 Å². The second kappa shape index (κ2) is 8.42. The van der Waals surface area contributed by atoms with E-state index in [4.69, 9.17) is 4.74 Å². The van der Waals surface area contributed by atoms with E-state index in [1.54, 1.807) is 43.3 Å². The number of nitrogens with zero attached hydrogens (tertiary/aromatic N) is 1. The molecule has 0 aliphatic carbocycles. The van der Waals surface area contributed by atoms with Gasteiger partial charge in [0.05, 0.1) is 20.2 Å². The molecule has 5 heteroatoms. The highest BCUT2D eigenvalue weighted by Gasteiger charge is 2.12. The summed E-state index contributed by atoms with van der Waals surface area (Å²) >= 11 is 0. The van der Waals surface area contributed by atoms with Crippen LogP contribution in [-0.2, 0) is 4.79 Å². The van der Waals surface area contributed by atoms with E-state index in [0.717, 1.165) is 0 Å². The van der Waals surface area contributed by atoms with E-state index in [-0.39, 0.29) is 24.8 Å². The molecule has 5 nitrogen and oxygen atoms in total. The van der Waals surface area contributed by atoms with Crippen molar-refractivity contribution in [1.82, 2.24) is 10.2 Å². The number of ketones is 1. The molecule has 0 aromatic heterocycles. The Bertz CT molecular complexity index is 469. The maximum absolute atomic E-state index is 12.1. The quantitative estimate of drug-likeness (QED) is 0.739. The van der Waals surface area contributed by atoms with Gasteiger partial charge < -0.3 is 10.1 Å². The van der Waals surface area contributed by atoms with Gasteiger partial charge in [-0.15, -0.1) is 0 Å². The molecule has 0 spiro atoms. The highest BCUT2D eigenvalue weighted by Crippen LogP contribution is 2.11. The molecular formula is C16H24N2O3. The lowest BCUT2D eigenvalue weighted by Crippen LogP contribution is -2.38. The second-order valence-electron chi connectivity index (χ2n) is 5.52. The molecule has 1 amide bonds. The number of amides is 1. The number of ether oxygens (including phenoxy) is 1. The Morgan fingerprint density at radius 2 is 1.81 bits per heavy atom. The molecule has 0 bridgehead atoms. The van der Waals surface area contributed by atoms with Gasteiger partial charge in [-0.3, -0.25) is 14.5 Å². The van der Waals surface area contributed by atoms with Crippen molar-refractivity contribution in [2.75, 3.05) is 33.8 Å². The predicted octanol–water partition coefficient (Wildman–Crippen LogP) is 1.58. The topological polar surface area (TPSA) is 58.6 Å². The normalized spacial score (nSPS) is 10.8. The average Bonchev–Trinajstić information content (AvgIpc) is 2.45. The Kier molecular flexibility index (Phi) is 6.88. The summed E-state index contributed by atoms with van der Waals surface area (Å²) in [4.78, 5) is 25.5. The van der Waals surface area contributed by atoms with Crippen molar-refractivity contribution in [2.24, 2.45) is 5.92 Å². The summed E-state index contributed by atoms with van der Waals surface area (Å²) in [5.41, 5.74) is 0.616. The maximum atomic E-state index is 12.1. The number of methoxy groups -OCH3 is 1. The zero-order valence-electron chi connectivity index (χ0n) is 13.2. The Hall–Kier alpha value is -1.88. The van der Waals surface area contributed by atoms with Gasteiger partial charge in [0.2, 0.25) is 5.91 Å². The number of benzene rings is 1. The van der Waals surface area contributed by atoms with Crippen molar-refractivity contribution in [3.05, 3.63) is 29.8 Å². The van der Waals surface area contributed by atoms with E-state index in [1.165, 1.54) is 0 Å². The Morgan fingerprint density at radius 3 is 2.33 bits per heavy atom. The summed E-state index contributed by atoms with van der Waals surface area (Å²) < 4.78 is 5.05. The van der Waals surface area contributed by atoms with Gasteiger partial charge in [0.1, 0.15) is 5.75 Å². The van der Waals surface area contributed by atoms with Crippen LogP contribution in [0.5, 0.6) is 5.75 Å². The van der Waals surface area contributed by atoms with Gasteiger partial charge in [0.25, 0.3) is 0 Å². The van der Waals surface area contributed by atoms with Crippen molar-refractivity contribution >= 4 is 11.7 Å². The van der Waals surface area contributed by atoms with Crippen molar-refractivity contribution in [1.29, 1.82) is 0 Å². The summed E-state index contributed by atoms with van der Waals surface area (Å²) in [6.07, 6.45) is 0. The van der Waals surface area contributed by atoms with Crippen molar-refractivity contribution in [3.63, 3.8) is 0 Å². The molecule has 0 saturated heterocycles. The van der Waals surface area contributed by atoms with Crippen LogP contribution in [0, 0.1) is 5.92 Å². The average molecular weight is 292 g/mol. The molecule has 1 rings (SSSR count). The second-order valence-corrected chi connectivity index (χ2v) is 5.52. The summed E-state index contributed by atoms with van der Waals surface area (Å²) in [6.45, 7) is 5.16. The Morgan fingerprint density at radius 1 is 1.19 bits per heavy atom. The lowest BCUT2D eigenvalue weighted by molar-refractivity contribution is -0.121. The van der Waals surface area contributed by atoms with E-state index < -0.39 is 0 Å². The fraction of sp³-hybridized carbons (Fsp3) is 0.500. The summed E-state index contributed by atoms with van der Waals surface area (Å²) in [5, 5.41) is 2.83. The largest absolute Gasteiger partial charge is 0.497 e. The Labute approximate surface area is 126 Å². The minimum Gasteiger partial charge on any atom is -0.497 e. The minimum atomic E-state index is -0.0614. The number of hydrogen-bond acceptors (Lipinski definition) is 4. The molecule has 0 radical (unpaired) electrons. The smallest absolute Gasteiger partial charge is 0.234 e. The molecule has 1 aromatic rings. The standard InChI is InChI=1S/C16H24N2O3/c1-12(2)9-17-16(20)11-18(3)10-15(19)13-5-7-14(21-4)8-6-13/h5-8,12H,9-11H2,1-4H3,(H,17,20). The first kappa shape index (κ1) is 17.2. The van der Waals surface area contributed by atoms with Gasteiger partial charge in [0.15, 0.2) is 5.78 Å². The van der Waals surface area contributed by atoms with Crippen LogP contribution in [0.2, 0.25) is 0 Å². The number of Topliss-reactive ketones (excluding diaryl/α,β-unsaturated/α-hetero) is 1. The van der Waals surface area contributed by atoms with E-state index in [2.05, 4.69) is 5.32 Å². The van der Waals surface area contributed by atoms with Gasteiger partial charge in [-0.05, 0) is 37.2 Å². The molecule has 0 saturated carbocycles. The van der Waals surface area contributed by atoms with Crippen LogP contribution < -0.4 is 10.1 Å². The van der Waals surface area contributed by atoms with E-state index >= 15 is 0 Å². The van der Waals surface area contributed by atoms with Crippen LogP contribution in [-0.4, -0.2) is 50.4 Å². The van der Waals surface area contributed by atoms with Crippen LogP contribution >= 0.6 is 0 Å². The summed E-state index contributed by atoms with van der Waals surface area (Å²) in [7, 11) is 3.34. The number of nitrogens with one attached hydrogen (secondary N) is 1. The van der Waals surface area contributed by atoms with Gasteiger partial charge in [0, 0.05) is 12.1 Å². The first-order valence-corrected chi connectivity index (χ1v) is 7.05. The van der Waals surface area contributed by atoms with Crippen LogP contribution in [0.15, 0.2) is 24.3 Å². The zero-order valence-corrected chi connectivity index (χ0v) is 13.2. The number of likely N-dealkylation sites (N-methyl/N-ethyl adjacent to an activating group) is 1. The maximum Gasteiger partial charge on any atom is 0.234 e. The van der Waals surface area contributed by atoms with Crippen LogP contribution in [0.3, 0.4) is 0 Å². The van der Waals surface area contributed by atoms with E-state index in [9.17, 15) is 9.59 Å². The van der Waals surface area contributed by atoms with Gasteiger partial charge in [-0.2, -0.15) is 0 Å². The zero-order chi connectivity index (χ0) is 15.8. The van der Waals surface area contributed by atoms with Crippen LogP contribution in [0.1, 0.15) is 24.2 Å². The predicted molar refractivity (Wildman–Crippen MR) is 82.7 cm³/mol. The highest BCUT2D eigenvalue weighted by atomic mass is 16.5. The molecule has 21 heavy (non-hydrogen) atoms. The molecule has 0 unspecified atom stereocenters. The molecule has 0 fully saturated rings. The number of carbonyl (C=O) groups is 2. The molecule has 0 aliphatic heterocycles. The third-order valence-electron chi connectivity index (χ3n) is 2.95. The fourth-order valence-electron chi connectivity index (χ4n) is 1.79. The van der Waals surface area contributed by atoms with Gasteiger partial charge >= 0.3 is 0 Å². The van der Waals surface area contributed by atoms with E-state index in [1.807, 2.05) is 13.8 Å². The molecule has 0 aliphatic rings. The third kappa shape index (κ3) is 6.40. The molecular weight excluding hydrogens is 268 g/mol. The number of rotatable bonds is 8. The number of carbonyl (C=O) groups excluding carboxylic acids is 2. The first-order chi connectivity index (χ1) is 9.92. The van der Waals surface area contributed by atoms with Gasteiger partial charge in [-0.25, -0.2) is 0 Å². The third-order valence-corrected chi connectivity index (χ3v) is 2.95. The SMILES string of the molecule is COc1ccc(C(=O)CN(C)CC(=O)NCC(C)C)cc1. The molecule has 116 valence electrons. The molecule has 1 aromatic carbocycles. The highest BCUT2D eigenvalue weighted by molar-refractivity contribution is 5.97. The molecule has 0 atom stereocenters. The lowest BCUT2D eigenvalue weighted by Gasteiger charge is -2.16.